The molecular weight excluding hydrogens is 374 g/mol. The molecule has 3 aromatic rings. The zero-order valence-corrected chi connectivity index (χ0v) is 16.2. The largest absolute Gasteiger partial charge is 0.488 e. The standard InChI is InChI=1S/C22H22ClN3O2/c23-16-3-1-4-17(11-16)28-21-10-15-13-26(12-14(15)9-20(21)27)22-18-5-2-7-24-19(18)6-8-25-22/h1-8,11,14-15,20-21,27H,9-10,12-13H2/t14-,15+,20+,21+/m0/s1. The van der Waals surface area contributed by atoms with E-state index in [2.05, 4.69) is 20.9 Å². The molecule has 1 saturated heterocycles. The minimum Gasteiger partial charge on any atom is -0.488 e. The molecule has 2 aromatic heterocycles. The molecule has 4 atom stereocenters. The van der Waals surface area contributed by atoms with Gasteiger partial charge in [-0.3, -0.25) is 4.98 Å². The van der Waals surface area contributed by atoms with Crippen LogP contribution in [0.2, 0.25) is 5.02 Å². The molecule has 2 fully saturated rings. The second-order valence-electron chi connectivity index (χ2n) is 7.78. The Bertz CT molecular complexity index is 993. The van der Waals surface area contributed by atoms with Crippen molar-refractivity contribution in [3.63, 3.8) is 0 Å². The summed E-state index contributed by atoms with van der Waals surface area (Å²) in [6.45, 7) is 1.83. The Kier molecular flexibility index (Phi) is 4.57. The van der Waals surface area contributed by atoms with E-state index in [1.54, 1.807) is 6.07 Å². The zero-order valence-electron chi connectivity index (χ0n) is 15.4. The molecule has 1 aromatic carbocycles. The average Bonchev–Trinajstić information content (AvgIpc) is 3.10. The maximum atomic E-state index is 10.7. The summed E-state index contributed by atoms with van der Waals surface area (Å²) in [7, 11) is 0. The summed E-state index contributed by atoms with van der Waals surface area (Å²) < 4.78 is 6.09. The van der Waals surface area contributed by atoms with Crippen molar-refractivity contribution >= 4 is 28.3 Å². The van der Waals surface area contributed by atoms with Gasteiger partial charge in [-0.15, -0.1) is 0 Å². The number of nitrogens with zero attached hydrogens (tertiary/aromatic N) is 3. The molecular formula is C22H22ClN3O2. The highest BCUT2D eigenvalue weighted by molar-refractivity contribution is 6.30. The highest BCUT2D eigenvalue weighted by Crippen LogP contribution is 2.40. The van der Waals surface area contributed by atoms with Gasteiger partial charge < -0.3 is 14.7 Å². The van der Waals surface area contributed by atoms with Crippen LogP contribution in [-0.2, 0) is 0 Å². The van der Waals surface area contributed by atoms with Crippen LogP contribution in [0.15, 0.2) is 54.9 Å². The number of hydrogen-bond acceptors (Lipinski definition) is 5. The van der Waals surface area contributed by atoms with Crippen LogP contribution >= 0.6 is 11.6 Å². The van der Waals surface area contributed by atoms with Crippen LogP contribution in [0.3, 0.4) is 0 Å². The van der Waals surface area contributed by atoms with Gasteiger partial charge in [-0.25, -0.2) is 4.98 Å². The number of pyridine rings is 2. The third-order valence-electron chi connectivity index (χ3n) is 5.98. The Morgan fingerprint density at radius 3 is 2.71 bits per heavy atom. The van der Waals surface area contributed by atoms with Crippen molar-refractivity contribution in [1.82, 2.24) is 9.97 Å². The molecule has 0 amide bonds. The highest BCUT2D eigenvalue weighted by Gasteiger charge is 2.43. The third kappa shape index (κ3) is 3.29. The fraction of sp³-hybridized carbons (Fsp3) is 0.364. The summed E-state index contributed by atoms with van der Waals surface area (Å²) in [5.74, 6) is 2.62. The van der Waals surface area contributed by atoms with Gasteiger partial charge in [-0.1, -0.05) is 17.7 Å². The first-order chi connectivity index (χ1) is 13.7. The number of aliphatic hydroxyl groups excluding tert-OH is 1. The summed E-state index contributed by atoms with van der Waals surface area (Å²) in [6, 6.07) is 13.4. The van der Waals surface area contributed by atoms with E-state index in [9.17, 15) is 5.11 Å². The molecule has 6 heteroatoms. The molecule has 0 radical (unpaired) electrons. The lowest BCUT2D eigenvalue weighted by Gasteiger charge is -2.35. The van der Waals surface area contributed by atoms with E-state index in [1.165, 1.54) is 0 Å². The number of hydrogen-bond donors (Lipinski definition) is 1. The maximum Gasteiger partial charge on any atom is 0.138 e. The Morgan fingerprint density at radius 1 is 1.00 bits per heavy atom. The van der Waals surface area contributed by atoms with Crippen LogP contribution in [0.1, 0.15) is 12.8 Å². The van der Waals surface area contributed by atoms with Crippen LogP contribution in [0.4, 0.5) is 5.82 Å². The Hall–Kier alpha value is -2.37. The molecule has 3 heterocycles. The van der Waals surface area contributed by atoms with Gasteiger partial charge >= 0.3 is 0 Å². The lowest BCUT2D eigenvalue weighted by Crippen LogP contribution is -2.42. The Morgan fingerprint density at radius 2 is 1.86 bits per heavy atom. The molecule has 1 aliphatic heterocycles. The SMILES string of the molecule is O[C@@H]1C[C@H]2CN(c3nccc4ncccc34)C[C@H]2C[C@H]1Oc1cccc(Cl)c1. The van der Waals surface area contributed by atoms with Crippen LogP contribution in [0.5, 0.6) is 5.75 Å². The number of aliphatic hydroxyl groups is 1. The van der Waals surface area contributed by atoms with Gasteiger partial charge in [-0.2, -0.15) is 0 Å². The normalized spacial score (nSPS) is 27.0. The lowest BCUT2D eigenvalue weighted by molar-refractivity contribution is -0.0231. The molecule has 1 N–H and O–H groups in total. The number of anilines is 1. The van der Waals surface area contributed by atoms with Gasteiger partial charge in [-0.05, 0) is 61.1 Å². The van der Waals surface area contributed by atoms with Crippen molar-refractivity contribution in [3.05, 3.63) is 59.9 Å². The van der Waals surface area contributed by atoms with E-state index in [0.717, 1.165) is 42.7 Å². The van der Waals surface area contributed by atoms with Gasteiger partial charge in [0.15, 0.2) is 0 Å². The fourth-order valence-electron chi connectivity index (χ4n) is 4.64. The van der Waals surface area contributed by atoms with Crippen molar-refractivity contribution in [1.29, 1.82) is 0 Å². The smallest absolute Gasteiger partial charge is 0.138 e. The first-order valence-corrected chi connectivity index (χ1v) is 10.1. The number of halogens is 1. The highest BCUT2D eigenvalue weighted by atomic mass is 35.5. The molecule has 0 bridgehead atoms. The summed E-state index contributed by atoms with van der Waals surface area (Å²) in [6.07, 6.45) is 4.54. The molecule has 28 heavy (non-hydrogen) atoms. The number of rotatable bonds is 3. The van der Waals surface area contributed by atoms with Gasteiger partial charge in [0.1, 0.15) is 17.7 Å². The summed E-state index contributed by atoms with van der Waals surface area (Å²) >= 11 is 6.06. The van der Waals surface area contributed by atoms with Crippen LogP contribution < -0.4 is 9.64 Å². The van der Waals surface area contributed by atoms with E-state index in [1.807, 2.05) is 42.7 Å². The Balaban J connectivity index is 1.34. The van der Waals surface area contributed by atoms with Crippen LogP contribution in [0, 0.1) is 11.8 Å². The van der Waals surface area contributed by atoms with E-state index in [0.29, 0.717) is 22.6 Å². The van der Waals surface area contributed by atoms with E-state index in [-0.39, 0.29) is 6.10 Å². The molecule has 5 rings (SSSR count). The zero-order chi connectivity index (χ0) is 19.1. The molecule has 1 saturated carbocycles. The van der Waals surface area contributed by atoms with Gasteiger partial charge in [0.05, 0.1) is 11.6 Å². The van der Waals surface area contributed by atoms with Crippen molar-refractivity contribution < 1.29 is 9.84 Å². The number of ether oxygens (including phenoxy) is 1. The molecule has 0 spiro atoms. The second-order valence-corrected chi connectivity index (χ2v) is 8.22. The van der Waals surface area contributed by atoms with Crippen LogP contribution in [0.25, 0.3) is 10.9 Å². The molecule has 1 aliphatic carbocycles. The first-order valence-electron chi connectivity index (χ1n) is 9.72. The topological polar surface area (TPSA) is 58.5 Å². The van der Waals surface area contributed by atoms with Crippen LogP contribution in [-0.4, -0.2) is 40.4 Å². The minimum atomic E-state index is -0.470. The van der Waals surface area contributed by atoms with Gasteiger partial charge in [0.2, 0.25) is 0 Å². The van der Waals surface area contributed by atoms with Crippen molar-refractivity contribution in [2.45, 2.75) is 25.0 Å². The maximum absolute atomic E-state index is 10.7. The number of aromatic nitrogens is 2. The molecule has 2 aliphatic rings. The third-order valence-corrected chi connectivity index (χ3v) is 6.21. The quantitative estimate of drug-likeness (QED) is 0.728. The van der Waals surface area contributed by atoms with Crippen molar-refractivity contribution in [2.75, 3.05) is 18.0 Å². The van der Waals surface area contributed by atoms with E-state index >= 15 is 0 Å². The summed E-state index contributed by atoms with van der Waals surface area (Å²) in [5, 5.41) is 12.4. The van der Waals surface area contributed by atoms with E-state index in [4.69, 9.17) is 16.3 Å². The lowest BCUT2D eigenvalue weighted by atomic mass is 9.78. The summed E-state index contributed by atoms with van der Waals surface area (Å²) in [4.78, 5) is 11.4. The summed E-state index contributed by atoms with van der Waals surface area (Å²) in [5.41, 5.74) is 0.963. The molecule has 144 valence electrons. The molecule has 0 unspecified atom stereocenters. The number of benzene rings is 1. The van der Waals surface area contributed by atoms with Gasteiger partial charge in [0, 0.05) is 35.9 Å². The average molecular weight is 396 g/mol. The molecule has 5 nitrogen and oxygen atoms in total. The first kappa shape index (κ1) is 17.7. The second kappa shape index (κ2) is 7.22. The number of fused-ring (bicyclic) bond motifs is 2. The van der Waals surface area contributed by atoms with Crippen molar-refractivity contribution in [2.24, 2.45) is 11.8 Å². The minimum absolute atomic E-state index is 0.207. The van der Waals surface area contributed by atoms with E-state index < -0.39 is 6.10 Å². The van der Waals surface area contributed by atoms with Gasteiger partial charge in [0.25, 0.3) is 0 Å². The predicted molar refractivity (Wildman–Crippen MR) is 110 cm³/mol. The monoisotopic (exact) mass is 395 g/mol. The fourth-order valence-corrected chi connectivity index (χ4v) is 4.82. The van der Waals surface area contributed by atoms with Crippen molar-refractivity contribution in [3.8, 4) is 5.75 Å². The Labute approximate surface area is 168 Å². The predicted octanol–water partition coefficient (Wildman–Crippen LogP) is 3.94.